The van der Waals surface area contributed by atoms with Crippen LogP contribution in [0, 0.1) is 6.92 Å². The fourth-order valence-electron chi connectivity index (χ4n) is 2.43. The van der Waals surface area contributed by atoms with Gasteiger partial charge in [-0.25, -0.2) is 0 Å². The van der Waals surface area contributed by atoms with E-state index >= 15 is 0 Å². The lowest BCUT2D eigenvalue weighted by atomic mass is 10.2. The predicted octanol–water partition coefficient (Wildman–Crippen LogP) is 3.25. The molecule has 0 saturated heterocycles. The summed E-state index contributed by atoms with van der Waals surface area (Å²) in [6, 6.07) is 12.5. The molecule has 0 bridgehead atoms. The summed E-state index contributed by atoms with van der Waals surface area (Å²) in [5.74, 6) is 1.73. The van der Waals surface area contributed by atoms with Crippen molar-refractivity contribution in [1.82, 2.24) is 15.5 Å². The SMILES string of the molecule is CN=C(NCc1ccc(OCCCN(C)C)cc1)NCc1ccc(C)s1. The lowest BCUT2D eigenvalue weighted by Gasteiger charge is -2.12. The lowest BCUT2D eigenvalue weighted by molar-refractivity contribution is 0.281. The Balaban J connectivity index is 1.71. The monoisotopic (exact) mass is 374 g/mol. The Morgan fingerprint density at radius 2 is 1.81 bits per heavy atom. The number of hydrogen-bond donors (Lipinski definition) is 2. The largest absolute Gasteiger partial charge is 0.494 e. The molecule has 2 rings (SSSR count). The molecule has 1 heterocycles. The number of aryl methyl sites for hydroxylation is 1. The zero-order valence-corrected chi connectivity index (χ0v) is 17.0. The summed E-state index contributed by atoms with van der Waals surface area (Å²) in [7, 11) is 5.94. The maximum Gasteiger partial charge on any atom is 0.191 e. The smallest absolute Gasteiger partial charge is 0.191 e. The molecule has 6 heteroatoms. The normalized spacial score (nSPS) is 11.7. The van der Waals surface area contributed by atoms with E-state index < -0.39 is 0 Å². The van der Waals surface area contributed by atoms with E-state index in [9.17, 15) is 0 Å². The zero-order valence-electron chi connectivity index (χ0n) is 16.2. The minimum Gasteiger partial charge on any atom is -0.494 e. The van der Waals surface area contributed by atoms with E-state index in [2.05, 4.69) is 65.8 Å². The van der Waals surface area contributed by atoms with Gasteiger partial charge >= 0.3 is 0 Å². The maximum atomic E-state index is 5.77. The van der Waals surface area contributed by atoms with Gasteiger partial charge in [-0.2, -0.15) is 0 Å². The first kappa shape index (κ1) is 20.3. The number of guanidine groups is 1. The Bertz CT molecular complexity index is 679. The molecule has 0 radical (unpaired) electrons. The molecular weight excluding hydrogens is 344 g/mol. The number of hydrogen-bond acceptors (Lipinski definition) is 4. The van der Waals surface area contributed by atoms with E-state index in [4.69, 9.17) is 4.74 Å². The molecule has 2 N–H and O–H groups in total. The summed E-state index contributed by atoms with van der Waals surface area (Å²) >= 11 is 1.80. The van der Waals surface area contributed by atoms with Crippen LogP contribution >= 0.6 is 11.3 Å². The van der Waals surface area contributed by atoms with Gasteiger partial charge in [0.15, 0.2) is 5.96 Å². The summed E-state index contributed by atoms with van der Waals surface area (Å²) in [6.45, 7) is 5.42. The highest BCUT2D eigenvalue weighted by atomic mass is 32.1. The Kier molecular flexibility index (Phi) is 8.44. The second-order valence-corrected chi connectivity index (χ2v) is 7.81. The van der Waals surface area contributed by atoms with Crippen molar-refractivity contribution >= 4 is 17.3 Å². The third-order valence-electron chi connectivity index (χ3n) is 3.85. The topological polar surface area (TPSA) is 48.9 Å². The van der Waals surface area contributed by atoms with Crippen molar-refractivity contribution in [3.05, 3.63) is 51.7 Å². The molecule has 0 aliphatic carbocycles. The third kappa shape index (κ3) is 7.45. The minimum absolute atomic E-state index is 0.726. The molecule has 0 aliphatic rings. The van der Waals surface area contributed by atoms with Crippen LogP contribution in [0.4, 0.5) is 0 Å². The molecule has 0 unspecified atom stereocenters. The first-order chi connectivity index (χ1) is 12.6. The second kappa shape index (κ2) is 10.8. The van der Waals surface area contributed by atoms with Crippen LogP contribution in [0.25, 0.3) is 0 Å². The molecule has 0 spiro atoms. The van der Waals surface area contributed by atoms with Crippen LogP contribution in [-0.2, 0) is 13.1 Å². The van der Waals surface area contributed by atoms with Crippen molar-refractivity contribution in [3.8, 4) is 5.75 Å². The molecule has 1 aromatic heterocycles. The number of aliphatic imine (C=N–C) groups is 1. The lowest BCUT2D eigenvalue weighted by Crippen LogP contribution is -2.36. The molecule has 0 atom stereocenters. The van der Waals surface area contributed by atoms with Crippen LogP contribution in [0.3, 0.4) is 0 Å². The fourth-order valence-corrected chi connectivity index (χ4v) is 3.26. The van der Waals surface area contributed by atoms with Crippen molar-refractivity contribution in [2.75, 3.05) is 34.3 Å². The molecule has 1 aromatic carbocycles. The number of benzene rings is 1. The standard InChI is InChI=1S/C20H30N4OS/c1-16-6-11-19(26-16)15-23-20(21-2)22-14-17-7-9-18(10-8-17)25-13-5-12-24(3)4/h6-11H,5,12-15H2,1-4H3,(H2,21,22,23). The summed E-state index contributed by atoms with van der Waals surface area (Å²) in [5, 5.41) is 6.69. The Labute approximate surface area is 161 Å². The summed E-state index contributed by atoms with van der Waals surface area (Å²) in [5.41, 5.74) is 1.19. The van der Waals surface area contributed by atoms with Crippen LogP contribution in [-0.4, -0.2) is 45.2 Å². The average Bonchev–Trinajstić information content (AvgIpc) is 3.05. The third-order valence-corrected chi connectivity index (χ3v) is 4.85. The van der Waals surface area contributed by atoms with Gasteiger partial charge in [0, 0.05) is 29.9 Å². The molecular formula is C20H30N4OS. The summed E-state index contributed by atoms with van der Waals surface area (Å²) in [6.07, 6.45) is 1.03. The zero-order chi connectivity index (χ0) is 18.8. The van der Waals surface area contributed by atoms with Crippen molar-refractivity contribution in [3.63, 3.8) is 0 Å². The molecule has 0 fully saturated rings. The van der Waals surface area contributed by atoms with Crippen LogP contribution in [0.15, 0.2) is 41.4 Å². The maximum absolute atomic E-state index is 5.77. The Morgan fingerprint density at radius 1 is 1.08 bits per heavy atom. The van der Waals surface area contributed by atoms with Crippen LogP contribution in [0.2, 0.25) is 0 Å². The van der Waals surface area contributed by atoms with E-state index in [1.807, 2.05) is 12.1 Å². The number of thiophene rings is 1. The van der Waals surface area contributed by atoms with Crippen molar-refractivity contribution < 1.29 is 4.74 Å². The van der Waals surface area contributed by atoms with Crippen LogP contribution < -0.4 is 15.4 Å². The highest BCUT2D eigenvalue weighted by molar-refractivity contribution is 7.11. The quantitative estimate of drug-likeness (QED) is 0.402. The van der Waals surface area contributed by atoms with Crippen molar-refractivity contribution in [2.24, 2.45) is 4.99 Å². The first-order valence-corrected chi connectivity index (χ1v) is 9.75. The molecule has 0 saturated carbocycles. The van der Waals surface area contributed by atoms with Gasteiger partial charge in [0.1, 0.15) is 5.75 Å². The van der Waals surface area contributed by atoms with Gasteiger partial charge in [0.25, 0.3) is 0 Å². The van der Waals surface area contributed by atoms with E-state index in [1.54, 1.807) is 18.4 Å². The van der Waals surface area contributed by atoms with Gasteiger partial charge in [0.05, 0.1) is 13.2 Å². The minimum atomic E-state index is 0.726. The number of rotatable bonds is 9. The average molecular weight is 375 g/mol. The van der Waals surface area contributed by atoms with Gasteiger partial charge in [0.2, 0.25) is 0 Å². The van der Waals surface area contributed by atoms with Gasteiger partial charge in [-0.05, 0) is 57.3 Å². The molecule has 142 valence electrons. The fraction of sp³-hybridized carbons (Fsp3) is 0.450. The molecule has 0 aliphatic heterocycles. The number of nitrogens with zero attached hydrogens (tertiary/aromatic N) is 2. The van der Waals surface area contributed by atoms with Gasteiger partial charge in [-0.15, -0.1) is 11.3 Å². The van der Waals surface area contributed by atoms with E-state index in [0.717, 1.165) is 44.4 Å². The van der Waals surface area contributed by atoms with Crippen LogP contribution in [0.1, 0.15) is 21.7 Å². The highest BCUT2D eigenvalue weighted by Gasteiger charge is 2.02. The van der Waals surface area contributed by atoms with Gasteiger partial charge < -0.3 is 20.3 Å². The summed E-state index contributed by atoms with van der Waals surface area (Å²) in [4.78, 5) is 9.08. The number of ether oxygens (including phenoxy) is 1. The second-order valence-electron chi connectivity index (χ2n) is 6.44. The van der Waals surface area contributed by atoms with Crippen LogP contribution in [0.5, 0.6) is 5.75 Å². The number of nitrogens with one attached hydrogen (secondary N) is 2. The first-order valence-electron chi connectivity index (χ1n) is 8.93. The molecule has 5 nitrogen and oxygen atoms in total. The van der Waals surface area contributed by atoms with E-state index in [-0.39, 0.29) is 0 Å². The Hall–Kier alpha value is -2.05. The Morgan fingerprint density at radius 3 is 2.42 bits per heavy atom. The highest BCUT2D eigenvalue weighted by Crippen LogP contribution is 2.14. The van der Waals surface area contributed by atoms with Crippen molar-refractivity contribution in [2.45, 2.75) is 26.4 Å². The van der Waals surface area contributed by atoms with E-state index in [1.165, 1.54) is 15.3 Å². The molecule has 0 amide bonds. The predicted molar refractivity (Wildman–Crippen MR) is 111 cm³/mol. The molecule has 26 heavy (non-hydrogen) atoms. The summed E-state index contributed by atoms with van der Waals surface area (Å²) < 4.78 is 5.77. The van der Waals surface area contributed by atoms with Gasteiger partial charge in [-0.3, -0.25) is 4.99 Å². The molecule has 2 aromatic rings. The van der Waals surface area contributed by atoms with Gasteiger partial charge in [-0.1, -0.05) is 12.1 Å². The van der Waals surface area contributed by atoms with Crippen molar-refractivity contribution in [1.29, 1.82) is 0 Å². The van der Waals surface area contributed by atoms with E-state index in [0.29, 0.717) is 0 Å².